The summed E-state index contributed by atoms with van der Waals surface area (Å²) in [6.45, 7) is 7.94. The van der Waals surface area contributed by atoms with Gasteiger partial charge in [-0.3, -0.25) is 9.59 Å². The number of piperidine rings is 1. The van der Waals surface area contributed by atoms with Crippen molar-refractivity contribution in [3.05, 3.63) is 0 Å². The zero-order chi connectivity index (χ0) is 28.7. The zero-order valence-electron chi connectivity index (χ0n) is 24.3. The fourth-order valence-electron chi connectivity index (χ4n) is 6.28. The summed E-state index contributed by atoms with van der Waals surface area (Å²) in [7, 11) is 1.68. The number of hydrogen-bond acceptors (Lipinski definition) is 9. The van der Waals surface area contributed by atoms with Crippen molar-refractivity contribution >= 4 is 17.7 Å². The van der Waals surface area contributed by atoms with Gasteiger partial charge in [0.25, 0.3) is 11.7 Å². The highest BCUT2D eigenvalue weighted by Gasteiger charge is 2.52. The Hall–Kier alpha value is -1.59. The molecule has 2 heterocycles. The van der Waals surface area contributed by atoms with Crippen molar-refractivity contribution in [3.63, 3.8) is 0 Å². The van der Waals surface area contributed by atoms with Crippen LogP contribution in [0.2, 0.25) is 0 Å². The number of esters is 1. The number of carbonyl (C=O) groups excluding carboxylic acids is 3. The summed E-state index contributed by atoms with van der Waals surface area (Å²) in [5, 5.41) is 20.1. The van der Waals surface area contributed by atoms with Gasteiger partial charge in [0.1, 0.15) is 12.1 Å². The highest BCUT2D eigenvalue weighted by atomic mass is 16.6. The Kier molecular flexibility index (Phi) is 11.7. The summed E-state index contributed by atoms with van der Waals surface area (Å²) < 4.78 is 22.8. The van der Waals surface area contributed by atoms with Gasteiger partial charge < -0.3 is 34.1 Å². The molecule has 1 aliphatic carbocycles. The van der Waals surface area contributed by atoms with Crippen molar-refractivity contribution in [1.82, 2.24) is 4.90 Å². The van der Waals surface area contributed by atoms with Gasteiger partial charge >= 0.3 is 5.97 Å². The first kappa shape index (κ1) is 31.9. The van der Waals surface area contributed by atoms with E-state index in [9.17, 15) is 19.5 Å². The molecule has 10 nitrogen and oxygen atoms in total. The molecule has 39 heavy (non-hydrogen) atoms. The second kappa shape index (κ2) is 14.3. The molecule has 0 spiro atoms. The first-order valence-corrected chi connectivity index (χ1v) is 14.7. The minimum absolute atomic E-state index is 0.0125. The molecule has 0 aromatic carbocycles. The van der Waals surface area contributed by atoms with Crippen LogP contribution in [0.5, 0.6) is 0 Å². The average Bonchev–Trinajstić information content (AvgIpc) is 2.93. The molecule has 3 aliphatic rings. The molecule has 9 atom stereocenters. The minimum Gasteiger partial charge on any atom is -0.461 e. The third-order valence-electron chi connectivity index (χ3n) is 8.98. The van der Waals surface area contributed by atoms with Crippen LogP contribution in [0.1, 0.15) is 85.5 Å². The molecule has 3 rings (SSSR count). The van der Waals surface area contributed by atoms with Gasteiger partial charge in [0.05, 0.1) is 31.5 Å². The van der Waals surface area contributed by atoms with Gasteiger partial charge in [-0.25, -0.2) is 4.79 Å². The number of amides is 1. The molecule has 1 amide bonds. The smallest absolute Gasteiger partial charge is 0.329 e. The first-order chi connectivity index (χ1) is 18.5. The maximum atomic E-state index is 13.3. The number of rotatable bonds is 11. The molecular weight excluding hydrogens is 506 g/mol. The lowest BCUT2D eigenvalue weighted by Gasteiger charge is -2.41. The lowest BCUT2D eigenvalue weighted by Crippen LogP contribution is -2.60. The fourth-order valence-corrected chi connectivity index (χ4v) is 6.28. The van der Waals surface area contributed by atoms with E-state index in [-0.39, 0.29) is 43.5 Å². The normalized spacial score (nSPS) is 35.2. The van der Waals surface area contributed by atoms with E-state index in [1.807, 2.05) is 6.92 Å². The van der Waals surface area contributed by atoms with Gasteiger partial charge in [-0.15, -0.1) is 0 Å². The van der Waals surface area contributed by atoms with Crippen LogP contribution in [0.25, 0.3) is 0 Å². The topological polar surface area (TPSA) is 132 Å². The number of Topliss-reactive ketones (excluding diaryl/α,β-unsaturated/α-hetero) is 1. The molecule has 0 bridgehead atoms. The maximum Gasteiger partial charge on any atom is 0.329 e. The van der Waals surface area contributed by atoms with E-state index >= 15 is 0 Å². The molecule has 3 fully saturated rings. The number of ketones is 1. The second-order valence-electron chi connectivity index (χ2n) is 11.9. The van der Waals surface area contributed by atoms with E-state index in [0.29, 0.717) is 38.2 Å². The SMILES string of the molecule is CO[C@@H]1C[C@H](C[C@@H](C)[C@H](C)OC(=O)[C@@H]2CCCCN2C(=O)C(=O)[C@]2(O)OC(C)CC[C@H]2C)CC[C@H]1OCCO. The summed E-state index contributed by atoms with van der Waals surface area (Å²) in [6, 6.07) is -0.859. The highest BCUT2D eigenvalue weighted by molar-refractivity contribution is 6.39. The van der Waals surface area contributed by atoms with E-state index in [1.54, 1.807) is 21.0 Å². The Balaban J connectivity index is 1.57. The van der Waals surface area contributed by atoms with Crippen LogP contribution in [-0.4, -0.2) is 95.9 Å². The molecule has 224 valence electrons. The van der Waals surface area contributed by atoms with Crippen molar-refractivity contribution < 1.29 is 43.5 Å². The second-order valence-corrected chi connectivity index (χ2v) is 11.9. The molecule has 2 aliphatic heterocycles. The van der Waals surface area contributed by atoms with E-state index in [1.165, 1.54) is 4.90 Å². The average molecular weight is 556 g/mol. The quantitative estimate of drug-likeness (QED) is 0.292. The van der Waals surface area contributed by atoms with Gasteiger partial charge in [-0.1, -0.05) is 13.8 Å². The van der Waals surface area contributed by atoms with E-state index in [2.05, 4.69) is 6.92 Å². The Morgan fingerprint density at radius 3 is 2.49 bits per heavy atom. The molecule has 1 saturated carbocycles. The van der Waals surface area contributed by atoms with Gasteiger partial charge in [0.2, 0.25) is 5.79 Å². The van der Waals surface area contributed by atoms with Crippen molar-refractivity contribution in [2.45, 2.75) is 122 Å². The molecule has 0 radical (unpaired) electrons. The number of hydrogen-bond donors (Lipinski definition) is 2. The summed E-state index contributed by atoms with van der Waals surface area (Å²) in [4.78, 5) is 41.0. The Bertz CT molecular complexity index is 838. The predicted molar refractivity (Wildman–Crippen MR) is 143 cm³/mol. The monoisotopic (exact) mass is 555 g/mol. The number of nitrogens with zero attached hydrogens (tertiary/aromatic N) is 1. The van der Waals surface area contributed by atoms with Crippen molar-refractivity contribution in [3.8, 4) is 0 Å². The van der Waals surface area contributed by atoms with E-state index in [0.717, 1.165) is 32.1 Å². The third-order valence-corrected chi connectivity index (χ3v) is 8.98. The van der Waals surface area contributed by atoms with Crippen LogP contribution in [0.15, 0.2) is 0 Å². The Morgan fingerprint density at radius 1 is 1.05 bits per heavy atom. The van der Waals surface area contributed by atoms with Crippen LogP contribution >= 0.6 is 0 Å². The largest absolute Gasteiger partial charge is 0.461 e. The summed E-state index contributed by atoms with van der Waals surface area (Å²) >= 11 is 0. The number of aliphatic hydroxyl groups excluding tert-OH is 1. The lowest BCUT2D eigenvalue weighted by molar-refractivity contribution is -0.259. The zero-order valence-corrected chi connectivity index (χ0v) is 24.3. The summed E-state index contributed by atoms with van der Waals surface area (Å²) in [5.41, 5.74) is 0. The van der Waals surface area contributed by atoms with Crippen molar-refractivity contribution in [2.24, 2.45) is 17.8 Å². The molecule has 2 N–H and O–H groups in total. The first-order valence-electron chi connectivity index (χ1n) is 14.7. The van der Waals surface area contributed by atoms with Gasteiger partial charge in [0.15, 0.2) is 0 Å². The number of ether oxygens (including phenoxy) is 4. The standard InChI is InChI=1S/C29H49NO9/c1-18(16-22-11-12-24(37-15-14-31)25(17-22)36-5)21(4)38-28(34)23-8-6-7-13-30(23)27(33)26(32)29(35)19(2)9-10-20(3)39-29/h18-25,31,35H,6-17H2,1-5H3/t18-,19-,20?,21+,22+,23+,24-,25-,29-/m1/s1. The van der Waals surface area contributed by atoms with Crippen LogP contribution in [0.3, 0.4) is 0 Å². The molecule has 0 aromatic heterocycles. The van der Waals surface area contributed by atoms with Crippen LogP contribution < -0.4 is 0 Å². The fraction of sp³-hybridized carbons (Fsp3) is 0.897. The molecule has 2 saturated heterocycles. The van der Waals surface area contributed by atoms with Crippen molar-refractivity contribution in [1.29, 1.82) is 0 Å². The molecular formula is C29H49NO9. The van der Waals surface area contributed by atoms with Gasteiger partial charge in [0, 0.05) is 19.6 Å². The Labute approximate surface area is 232 Å². The lowest BCUT2D eigenvalue weighted by atomic mass is 9.79. The number of carbonyl (C=O) groups is 3. The minimum atomic E-state index is -2.18. The number of likely N-dealkylation sites (tertiary alicyclic amines) is 1. The molecule has 10 heteroatoms. The van der Waals surface area contributed by atoms with Crippen LogP contribution in [-0.2, 0) is 33.3 Å². The third kappa shape index (κ3) is 7.79. The van der Waals surface area contributed by atoms with Gasteiger partial charge in [-0.05, 0) is 83.5 Å². The van der Waals surface area contributed by atoms with Crippen molar-refractivity contribution in [2.75, 3.05) is 26.9 Å². The van der Waals surface area contributed by atoms with E-state index in [4.69, 9.17) is 24.1 Å². The predicted octanol–water partition coefficient (Wildman–Crippen LogP) is 2.61. The maximum absolute atomic E-state index is 13.3. The van der Waals surface area contributed by atoms with Gasteiger partial charge in [-0.2, -0.15) is 0 Å². The number of methoxy groups -OCH3 is 1. The number of aliphatic hydroxyl groups is 2. The van der Waals surface area contributed by atoms with E-state index < -0.39 is 35.4 Å². The molecule has 0 aromatic rings. The summed E-state index contributed by atoms with van der Waals surface area (Å²) in [5.74, 6) is -4.62. The summed E-state index contributed by atoms with van der Waals surface area (Å²) in [6.07, 6.45) is 5.85. The van der Waals surface area contributed by atoms with Crippen LogP contribution in [0.4, 0.5) is 0 Å². The Morgan fingerprint density at radius 2 is 1.79 bits per heavy atom. The molecule has 1 unspecified atom stereocenters. The highest BCUT2D eigenvalue weighted by Crippen LogP contribution is 2.35. The van der Waals surface area contributed by atoms with Crippen LogP contribution in [0, 0.1) is 17.8 Å².